The Balaban J connectivity index is 2.44. The first-order valence-corrected chi connectivity index (χ1v) is 5.85. The van der Waals surface area contributed by atoms with E-state index in [1.807, 2.05) is 0 Å². The number of non-ortho nitro benzene ring substituents is 1. The predicted octanol–water partition coefficient (Wildman–Crippen LogP) is 0.983. The third-order valence-electron chi connectivity index (χ3n) is 2.82. The normalized spacial score (nSPS) is 14.9. The number of fused-ring (bicyclic) bond motifs is 1. The number of hydrogen-bond acceptors (Lipinski definition) is 6. The first-order valence-electron chi connectivity index (χ1n) is 5.85. The quantitative estimate of drug-likeness (QED) is 0.269. The molecule has 1 heterocycles. The highest BCUT2D eigenvalue weighted by molar-refractivity contribution is 6.52. The van der Waals surface area contributed by atoms with Gasteiger partial charge in [-0.15, -0.1) is 0 Å². The van der Waals surface area contributed by atoms with Gasteiger partial charge in [0.25, 0.3) is 17.8 Å². The number of esters is 1. The van der Waals surface area contributed by atoms with Gasteiger partial charge in [0.2, 0.25) is 0 Å². The van der Waals surface area contributed by atoms with Crippen LogP contribution in [0.15, 0.2) is 18.2 Å². The third kappa shape index (κ3) is 2.33. The van der Waals surface area contributed by atoms with Crippen molar-refractivity contribution in [3.8, 4) is 0 Å². The van der Waals surface area contributed by atoms with Gasteiger partial charge in [0.1, 0.15) is 0 Å². The largest absolute Gasteiger partial charge is 0.462 e. The van der Waals surface area contributed by atoms with Crippen molar-refractivity contribution in [3.05, 3.63) is 33.9 Å². The summed E-state index contributed by atoms with van der Waals surface area (Å²) >= 11 is 0. The molecule has 0 bridgehead atoms. The molecule has 0 spiro atoms. The monoisotopic (exact) mass is 296 g/mol. The number of benzene rings is 1. The van der Waals surface area contributed by atoms with Gasteiger partial charge in [-0.25, -0.2) is 9.18 Å². The number of amides is 1. The van der Waals surface area contributed by atoms with Crippen molar-refractivity contribution >= 4 is 29.0 Å². The van der Waals surface area contributed by atoms with Crippen LogP contribution in [0.1, 0.15) is 17.3 Å². The fourth-order valence-electron chi connectivity index (χ4n) is 1.91. The molecule has 0 aromatic heterocycles. The highest BCUT2D eigenvalue weighted by Gasteiger charge is 2.44. The smallest absolute Gasteiger partial charge is 0.362 e. The van der Waals surface area contributed by atoms with Crippen molar-refractivity contribution in [2.24, 2.45) is 0 Å². The molecular weight excluding hydrogens is 287 g/mol. The molecule has 0 saturated heterocycles. The summed E-state index contributed by atoms with van der Waals surface area (Å²) in [6.45, 7) is 1.36. The van der Waals surface area contributed by atoms with Gasteiger partial charge in [0, 0.05) is 12.1 Å². The van der Waals surface area contributed by atoms with Crippen LogP contribution in [0, 0.1) is 10.1 Å². The van der Waals surface area contributed by atoms with Gasteiger partial charge < -0.3 is 4.74 Å². The number of nitro groups is 1. The molecule has 1 aromatic carbocycles. The van der Waals surface area contributed by atoms with Crippen molar-refractivity contribution in [2.75, 3.05) is 11.5 Å². The van der Waals surface area contributed by atoms with E-state index in [1.54, 1.807) is 0 Å². The third-order valence-corrected chi connectivity index (χ3v) is 2.82. The van der Waals surface area contributed by atoms with Crippen molar-refractivity contribution in [2.45, 2.75) is 13.2 Å². The summed E-state index contributed by atoms with van der Waals surface area (Å²) in [6.07, 6.45) is -2.48. The van der Waals surface area contributed by atoms with Crippen molar-refractivity contribution in [3.63, 3.8) is 0 Å². The van der Waals surface area contributed by atoms with E-state index in [9.17, 15) is 28.9 Å². The number of rotatable bonds is 4. The van der Waals surface area contributed by atoms with Crippen molar-refractivity contribution in [1.82, 2.24) is 0 Å². The standard InChI is InChI=1S/C12H9FN2O6/c1-2-21-12(18)10(13)14-8-4-3-6(15(19)20)5-7(8)9(16)11(14)17/h3-5,10H,2H2,1H3. The maximum atomic E-state index is 14.0. The Hall–Kier alpha value is -2.84. The lowest BCUT2D eigenvalue weighted by atomic mass is 10.1. The maximum Gasteiger partial charge on any atom is 0.362 e. The molecule has 2 rings (SSSR count). The number of hydrogen-bond donors (Lipinski definition) is 0. The molecule has 9 heteroatoms. The molecule has 0 aliphatic carbocycles. The summed E-state index contributed by atoms with van der Waals surface area (Å²) in [5.41, 5.74) is -0.930. The molecule has 1 aliphatic heterocycles. The van der Waals surface area contributed by atoms with Gasteiger partial charge in [-0.2, -0.15) is 0 Å². The number of nitrogens with zero attached hydrogens (tertiary/aromatic N) is 2. The number of ketones is 1. The summed E-state index contributed by atoms with van der Waals surface area (Å²) in [7, 11) is 0. The molecule has 0 fully saturated rings. The molecule has 1 unspecified atom stereocenters. The van der Waals surface area contributed by atoms with E-state index in [2.05, 4.69) is 4.74 Å². The summed E-state index contributed by atoms with van der Waals surface area (Å²) in [5, 5.41) is 10.6. The highest BCUT2D eigenvalue weighted by atomic mass is 19.1. The van der Waals surface area contributed by atoms with Crippen LogP contribution in [0.4, 0.5) is 15.8 Å². The van der Waals surface area contributed by atoms with Crippen LogP contribution >= 0.6 is 0 Å². The molecule has 1 aromatic rings. The average Bonchev–Trinajstić information content (AvgIpc) is 2.70. The Bertz CT molecular complexity index is 659. The summed E-state index contributed by atoms with van der Waals surface area (Å²) < 4.78 is 18.4. The van der Waals surface area contributed by atoms with Crippen LogP contribution in [0.2, 0.25) is 0 Å². The predicted molar refractivity (Wildman–Crippen MR) is 66.4 cm³/mol. The van der Waals surface area contributed by atoms with Crippen LogP contribution in [0.25, 0.3) is 0 Å². The van der Waals surface area contributed by atoms with Gasteiger partial charge >= 0.3 is 11.9 Å². The second-order valence-corrected chi connectivity index (χ2v) is 4.05. The average molecular weight is 296 g/mol. The van der Waals surface area contributed by atoms with E-state index in [0.29, 0.717) is 4.90 Å². The number of carbonyl (C=O) groups is 3. The van der Waals surface area contributed by atoms with Crippen LogP contribution < -0.4 is 4.90 Å². The maximum absolute atomic E-state index is 14.0. The van der Waals surface area contributed by atoms with E-state index in [1.165, 1.54) is 6.92 Å². The number of Topliss-reactive ketones (excluding diaryl/α,β-unsaturated/α-hetero) is 1. The van der Waals surface area contributed by atoms with Crippen LogP contribution in [-0.2, 0) is 14.3 Å². The Morgan fingerprint density at radius 3 is 2.71 bits per heavy atom. The van der Waals surface area contributed by atoms with Gasteiger partial charge in [-0.05, 0) is 13.0 Å². The lowest BCUT2D eigenvalue weighted by Crippen LogP contribution is -2.42. The highest BCUT2D eigenvalue weighted by Crippen LogP contribution is 2.33. The Kier molecular flexibility index (Phi) is 3.66. The molecule has 1 aliphatic rings. The lowest BCUT2D eigenvalue weighted by Gasteiger charge is -2.19. The van der Waals surface area contributed by atoms with Crippen molar-refractivity contribution in [1.29, 1.82) is 0 Å². The Morgan fingerprint density at radius 2 is 2.14 bits per heavy atom. The van der Waals surface area contributed by atoms with Crippen LogP contribution in [0.5, 0.6) is 0 Å². The molecule has 0 N–H and O–H groups in total. The minimum Gasteiger partial charge on any atom is -0.462 e. The van der Waals surface area contributed by atoms with Gasteiger partial charge in [0.05, 0.1) is 22.8 Å². The van der Waals surface area contributed by atoms with E-state index in [-0.39, 0.29) is 17.9 Å². The van der Waals surface area contributed by atoms with E-state index in [4.69, 9.17) is 0 Å². The minimum absolute atomic E-state index is 0.0949. The number of alkyl halides is 1. The topological polar surface area (TPSA) is 107 Å². The zero-order chi connectivity index (χ0) is 15.7. The SMILES string of the molecule is CCOC(=O)C(F)N1C(=O)C(=O)c2cc([N+](=O)[O-])ccc21. The molecule has 110 valence electrons. The summed E-state index contributed by atoms with van der Waals surface area (Å²) in [6, 6.07) is 2.92. The number of halogens is 1. The molecule has 1 amide bonds. The number of carbonyl (C=O) groups excluding carboxylic acids is 3. The zero-order valence-electron chi connectivity index (χ0n) is 10.7. The lowest BCUT2D eigenvalue weighted by molar-refractivity contribution is -0.384. The van der Waals surface area contributed by atoms with E-state index < -0.39 is 34.6 Å². The Labute approximate surface area is 117 Å². The fourth-order valence-corrected chi connectivity index (χ4v) is 1.91. The number of anilines is 1. The number of ether oxygens (including phenoxy) is 1. The van der Waals surface area contributed by atoms with E-state index in [0.717, 1.165) is 18.2 Å². The van der Waals surface area contributed by atoms with E-state index >= 15 is 0 Å². The van der Waals surface area contributed by atoms with Gasteiger partial charge in [0.15, 0.2) is 0 Å². The number of nitro benzene ring substituents is 1. The second kappa shape index (κ2) is 5.27. The first kappa shape index (κ1) is 14.6. The molecule has 21 heavy (non-hydrogen) atoms. The second-order valence-electron chi connectivity index (χ2n) is 4.05. The summed E-state index contributed by atoms with van der Waals surface area (Å²) in [4.78, 5) is 45.1. The minimum atomic E-state index is -2.48. The summed E-state index contributed by atoms with van der Waals surface area (Å²) in [5.74, 6) is -3.70. The fraction of sp³-hybridized carbons (Fsp3) is 0.250. The molecule has 8 nitrogen and oxygen atoms in total. The van der Waals surface area contributed by atoms with Crippen molar-refractivity contribution < 1.29 is 28.4 Å². The molecule has 0 saturated carbocycles. The molecule has 0 radical (unpaired) electrons. The van der Waals surface area contributed by atoms with Gasteiger partial charge in [-0.3, -0.25) is 24.6 Å². The van der Waals surface area contributed by atoms with Crippen LogP contribution in [0.3, 0.4) is 0 Å². The molecular formula is C12H9FN2O6. The van der Waals surface area contributed by atoms with Gasteiger partial charge in [-0.1, -0.05) is 0 Å². The molecule has 1 atom stereocenters. The first-order chi connectivity index (χ1) is 9.88. The van der Waals surface area contributed by atoms with Crippen LogP contribution in [-0.4, -0.2) is 35.5 Å². The zero-order valence-corrected chi connectivity index (χ0v) is 10.7. The Morgan fingerprint density at radius 1 is 1.48 bits per heavy atom.